The van der Waals surface area contributed by atoms with Gasteiger partial charge in [0.25, 0.3) is 0 Å². The van der Waals surface area contributed by atoms with Crippen molar-refractivity contribution in [3.8, 4) is 0 Å². The van der Waals surface area contributed by atoms with Crippen LogP contribution in [0.4, 0.5) is 11.5 Å². The van der Waals surface area contributed by atoms with Crippen molar-refractivity contribution in [2.75, 3.05) is 0 Å². The van der Waals surface area contributed by atoms with Crippen molar-refractivity contribution in [2.24, 2.45) is 10.2 Å². The number of carbonyl (C=O) groups is 1. The van der Waals surface area contributed by atoms with Crippen LogP contribution in [0.2, 0.25) is 0 Å². The summed E-state index contributed by atoms with van der Waals surface area (Å²) in [5, 5.41) is 17.8. The Morgan fingerprint density at radius 1 is 1.26 bits per heavy atom. The molecule has 23 heavy (non-hydrogen) atoms. The Kier molecular flexibility index (Phi) is 3.89. The molecule has 0 bridgehead atoms. The van der Waals surface area contributed by atoms with E-state index in [0.717, 1.165) is 23.2 Å². The molecule has 0 unspecified atom stereocenters. The number of aromatic nitrogens is 2. The van der Waals surface area contributed by atoms with Crippen LogP contribution in [0.1, 0.15) is 28.5 Å². The number of nitrogens with zero attached hydrogens (tertiary/aromatic N) is 4. The van der Waals surface area contributed by atoms with Crippen LogP contribution in [0, 0.1) is 6.92 Å². The first kappa shape index (κ1) is 14.9. The van der Waals surface area contributed by atoms with Gasteiger partial charge >= 0.3 is 5.97 Å². The summed E-state index contributed by atoms with van der Waals surface area (Å²) >= 11 is 0. The first-order valence-corrected chi connectivity index (χ1v) is 7.31. The van der Waals surface area contributed by atoms with Crippen molar-refractivity contribution in [2.45, 2.75) is 20.3 Å². The molecular formula is C17H16N4O2. The predicted octanol–water partition coefficient (Wildman–Crippen LogP) is 4.32. The zero-order valence-corrected chi connectivity index (χ0v) is 12.9. The van der Waals surface area contributed by atoms with Crippen molar-refractivity contribution in [1.82, 2.24) is 9.38 Å². The zero-order valence-electron chi connectivity index (χ0n) is 12.9. The van der Waals surface area contributed by atoms with Gasteiger partial charge in [0.15, 0.2) is 11.5 Å². The van der Waals surface area contributed by atoms with E-state index in [1.165, 1.54) is 0 Å². The van der Waals surface area contributed by atoms with E-state index in [9.17, 15) is 9.90 Å². The van der Waals surface area contributed by atoms with Crippen LogP contribution in [0.5, 0.6) is 0 Å². The summed E-state index contributed by atoms with van der Waals surface area (Å²) in [6.45, 7) is 3.96. The van der Waals surface area contributed by atoms with Gasteiger partial charge in [0, 0.05) is 6.20 Å². The maximum Gasteiger partial charge on any atom is 0.358 e. The summed E-state index contributed by atoms with van der Waals surface area (Å²) in [4.78, 5) is 15.6. The van der Waals surface area contributed by atoms with Gasteiger partial charge in [-0.3, -0.25) is 4.40 Å². The van der Waals surface area contributed by atoms with Gasteiger partial charge in [-0.05, 0) is 42.7 Å². The maximum absolute atomic E-state index is 11.4. The van der Waals surface area contributed by atoms with Gasteiger partial charge in [0.05, 0.1) is 5.69 Å². The standard InChI is InChI=1S/C17H16N4O2/c1-3-12-6-4-5-7-13(12)19-20-16-15(17(22)23)18-14-10-11(2)8-9-21(14)16/h4-10H,3H2,1-2H3,(H,22,23). The number of hydrogen-bond acceptors (Lipinski definition) is 4. The highest BCUT2D eigenvalue weighted by atomic mass is 16.4. The summed E-state index contributed by atoms with van der Waals surface area (Å²) in [7, 11) is 0. The molecule has 2 aromatic heterocycles. The van der Waals surface area contributed by atoms with E-state index in [4.69, 9.17) is 0 Å². The summed E-state index contributed by atoms with van der Waals surface area (Å²) < 4.78 is 1.63. The summed E-state index contributed by atoms with van der Waals surface area (Å²) in [5.41, 5.74) is 3.22. The van der Waals surface area contributed by atoms with Crippen LogP contribution >= 0.6 is 0 Å². The van der Waals surface area contributed by atoms with E-state index in [-0.39, 0.29) is 11.5 Å². The Hall–Kier alpha value is -3.02. The average Bonchev–Trinajstić information content (AvgIpc) is 2.91. The number of imidazole rings is 1. The van der Waals surface area contributed by atoms with Crippen molar-refractivity contribution < 1.29 is 9.90 Å². The quantitative estimate of drug-likeness (QED) is 0.729. The van der Waals surface area contributed by atoms with Crippen molar-refractivity contribution >= 4 is 23.1 Å². The highest BCUT2D eigenvalue weighted by Crippen LogP contribution is 2.26. The molecule has 6 nitrogen and oxygen atoms in total. The predicted molar refractivity (Wildman–Crippen MR) is 86.9 cm³/mol. The molecule has 0 radical (unpaired) electrons. The Labute approximate surface area is 133 Å². The number of hydrogen-bond donors (Lipinski definition) is 1. The molecule has 1 N–H and O–H groups in total. The van der Waals surface area contributed by atoms with Gasteiger partial charge in [-0.25, -0.2) is 9.78 Å². The molecule has 0 fully saturated rings. The van der Waals surface area contributed by atoms with Gasteiger partial charge in [-0.2, -0.15) is 0 Å². The number of aryl methyl sites for hydroxylation is 2. The molecule has 0 saturated heterocycles. The molecule has 0 spiro atoms. The number of aromatic carboxylic acids is 1. The molecule has 116 valence electrons. The van der Waals surface area contributed by atoms with Gasteiger partial charge in [-0.1, -0.05) is 25.1 Å². The van der Waals surface area contributed by atoms with Crippen LogP contribution in [-0.2, 0) is 6.42 Å². The number of fused-ring (bicyclic) bond motifs is 1. The lowest BCUT2D eigenvalue weighted by atomic mass is 10.1. The Balaban J connectivity index is 2.13. The van der Waals surface area contributed by atoms with Crippen molar-refractivity contribution in [3.05, 3.63) is 59.4 Å². The fourth-order valence-electron chi connectivity index (χ4n) is 2.38. The smallest absolute Gasteiger partial charge is 0.358 e. The minimum absolute atomic E-state index is 0.103. The van der Waals surface area contributed by atoms with Crippen LogP contribution in [0.15, 0.2) is 52.8 Å². The summed E-state index contributed by atoms with van der Waals surface area (Å²) in [6, 6.07) is 11.3. The molecule has 0 aliphatic rings. The van der Waals surface area contributed by atoms with Gasteiger partial charge in [0.1, 0.15) is 5.65 Å². The fraction of sp³-hybridized carbons (Fsp3) is 0.176. The fourth-order valence-corrected chi connectivity index (χ4v) is 2.38. The third-order valence-electron chi connectivity index (χ3n) is 3.58. The first-order valence-electron chi connectivity index (χ1n) is 7.31. The van der Waals surface area contributed by atoms with Crippen LogP contribution in [0.25, 0.3) is 5.65 Å². The molecule has 0 aliphatic carbocycles. The second kappa shape index (κ2) is 6.00. The molecule has 0 aliphatic heterocycles. The number of carboxylic acid groups (broad SMARTS) is 1. The van der Waals surface area contributed by atoms with Crippen LogP contribution in [-0.4, -0.2) is 20.5 Å². The van der Waals surface area contributed by atoms with Gasteiger partial charge in [0.2, 0.25) is 0 Å². The van der Waals surface area contributed by atoms with Gasteiger partial charge < -0.3 is 5.11 Å². The third-order valence-corrected chi connectivity index (χ3v) is 3.58. The highest BCUT2D eigenvalue weighted by Gasteiger charge is 2.18. The number of rotatable bonds is 4. The Morgan fingerprint density at radius 2 is 2.04 bits per heavy atom. The van der Waals surface area contributed by atoms with Crippen molar-refractivity contribution in [3.63, 3.8) is 0 Å². The van der Waals surface area contributed by atoms with E-state index >= 15 is 0 Å². The lowest BCUT2D eigenvalue weighted by Gasteiger charge is -2.01. The second-order valence-electron chi connectivity index (χ2n) is 5.20. The SMILES string of the molecule is CCc1ccccc1N=Nc1c(C(=O)O)nc2cc(C)ccn12. The molecule has 6 heteroatoms. The Morgan fingerprint density at radius 3 is 2.78 bits per heavy atom. The second-order valence-corrected chi connectivity index (χ2v) is 5.20. The number of benzene rings is 1. The summed E-state index contributed by atoms with van der Waals surface area (Å²) in [5.74, 6) is -0.900. The topological polar surface area (TPSA) is 79.3 Å². The van der Waals surface area contributed by atoms with Crippen LogP contribution < -0.4 is 0 Å². The number of azo groups is 1. The van der Waals surface area contributed by atoms with Crippen LogP contribution in [0.3, 0.4) is 0 Å². The van der Waals surface area contributed by atoms with E-state index in [1.807, 2.05) is 50.2 Å². The van der Waals surface area contributed by atoms with E-state index in [0.29, 0.717) is 5.65 Å². The van der Waals surface area contributed by atoms with E-state index in [1.54, 1.807) is 10.6 Å². The molecule has 0 atom stereocenters. The third kappa shape index (κ3) is 2.83. The first-order chi connectivity index (χ1) is 11.1. The monoisotopic (exact) mass is 308 g/mol. The molecular weight excluding hydrogens is 292 g/mol. The van der Waals surface area contributed by atoms with Crippen molar-refractivity contribution in [1.29, 1.82) is 0 Å². The van der Waals surface area contributed by atoms with E-state index < -0.39 is 5.97 Å². The highest BCUT2D eigenvalue weighted by molar-refractivity contribution is 5.91. The molecule has 3 aromatic rings. The average molecular weight is 308 g/mol. The summed E-state index contributed by atoms with van der Waals surface area (Å²) in [6.07, 6.45) is 2.58. The lowest BCUT2D eigenvalue weighted by Crippen LogP contribution is -1.96. The zero-order chi connectivity index (χ0) is 16.4. The number of pyridine rings is 1. The normalized spacial score (nSPS) is 11.4. The minimum Gasteiger partial charge on any atom is -0.476 e. The van der Waals surface area contributed by atoms with Gasteiger partial charge in [-0.15, -0.1) is 10.2 Å². The largest absolute Gasteiger partial charge is 0.476 e. The molecule has 1 aromatic carbocycles. The minimum atomic E-state index is -1.12. The number of carboxylic acids is 1. The maximum atomic E-state index is 11.4. The molecule has 3 rings (SSSR count). The molecule has 0 saturated carbocycles. The molecule has 2 heterocycles. The molecule has 0 amide bonds. The Bertz CT molecular complexity index is 912. The lowest BCUT2D eigenvalue weighted by molar-refractivity contribution is 0.0692. The van der Waals surface area contributed by atoms with E-state index in [2.05, 4.69) is 15.2 Å².